The molecule has 3 aliphatic heterocycles. The molecule has 1 spiro atoms. The minimum absolute atomic E-state index is 0.0406. The Morgan fingerprint density at radius 1 is 0.899 bits per heavy atom. The van der Waals surface area contributed by atoms with Gasteiger partial charge in [-0.05, 0) is 83.2 Å². The minimum Gasteiger partial charge on any atom is -0.465 e. The van der Waals surface area contributed by atoms with Crippen LogP contribution in [0.2, 0.25) is 0 Å². The highest BCUT2D eigenvalue weighted by molar-refractivity contribution is 5.93. The number of alkyl carbamates (subject to hydrolysis) is 1. The number of hydrogen-bond donors (Lipinski definition) is 4. The summed E-state index contributed by atoms with van der Waals surface area (Å²) in [6.45, 7) is 9.05. The highest BCUT2D eigenvalue weighted by atomic mass is 16.7. The van der Waals surface area contributed by atoms with E-state index in [4.69, 9.17) is 19.2 Å². The first-order valence-corrected chi connectivity index (χ1v) is 24.3. The lowest BCUT2D eigenvalue weighted by molar-refractivity contribution is -0.153. The zero-order valence-corrected chi connectivity index (χ0v) is 40.4. The Bertz CT molecular complexity index is 2530. The van der Waals surface area contributed by atoms with E-state index in [0.717, 1.165) is 83.4 Å². The molecule has 0 unspecified atom stereocenters. The number of likely N-dealkylation sites (tertiary alicyclic amines) is 2. The second-order valence-corrected chi connectivity index (χ2v) is 19.1. The number of nitrogens with zero attached hydrogens (tertiary/aromatic N) is 5. The molecule has 5 amide bonds. The Balaban J connectivity index is 1.17. The Kier molecular flexibility index (Phi) is 14.4. The van der Waals surface area contributed by atoms with E-state index < -0.39 is 53.6 Å². The van der Waals surface area contributed by atoms with Crippen LogP contribution in [0.5, 0.6) is 0 Å². The Morgan fingerprint density at radius 2 is 1.57 bits per heavy atom. The first-order chi connectivity index (χ1) is 33.2. The third-order valence-electron chi connectivity index (χ3n) is 14.6. The summed E-state index contributed by atoms with van der Waals surface area (Å²) in [7, 11) is 2.66. The lowest BCUT2D eigenvalue weighted by atomic mass is 9.70. The molecule has 0 radical (unpaired) electrons. The summed E-state index contributed by atoms with van der Waals surface area (Å²) in [6, 6.07) is 18.6. The molecule has 4 N–H and O–H groups in total. The highest BCUT2D eigenvalue weighted by Gasteiger charge is 2.55. The van der Waals surface area contributed by atoms with Gasteiger partial charge in [0.2, 0.25) is 5.91 Å². The predicted molar refractivity (Wildman–Crippen MR) is 257 cm³/mol. The molecule has 17 nitrogen and oxygen atoms in total. The van der Waals surface area contributed by atoms with Crippen LogP contribution in [0.3, 0.4) is 0 Å². The van der Waals surface area contributed by atoms with Crippen LogP contribution in [0, 0.1) is 5.92 Å². The zero-order valence-electron chi connectivity index (χ0n) is 40.4. The number of anilines is 1. The fourth-order valence-corrected chi connectivity index (χ4v) is 11.2. The van der Waals surface area contributed by atoms with Gasteiger partial charge in [0.15, 0.2) is 5.79 Å². The molecule has 0 bridgehead atoms. The second kappa shape index (κ2) is 20.2. The van der Waals surface area contributed by atoms with Crippen molar-refractivity contribution in [3.63, 3.8) is 0 Å². The van der Waals surface area contributed by atoms with E-state index in [1.54, 1.807) is 47.5 Å². The third-order valence-corrected chi connectivity index (χ3v) is 14.6. The van der Waals surface area contributed by atoms with Crippen molar-refractivity contribution in [3.8, 4) is 22.4 Å². The van der Waals surface area contributed by atoms with E-state index in [9.17, 15) is 34.2 Å². The first kappa shape index (κ1) is 49.0. The van der Waals surface area contributed by atoms with E-state index in [1.807, 2.05) is 26.0 Å². The first-order valence-electron chi connectivity index (χ1n) is 24.3. The van der Waals surface area contributed by atoms with E-state index >= 15 is 0 Å². The molecule has 17 heteroatoms. The number of H-pyrrole nitrogens is 1. The smallest absolute Gasteiger partial charge is 0.413 e. The molecule has 4 aromatic rings. The number of fused-ring (bicyclic) bond motifs is 3. The fraction of sp³-hybridized carbons (Fsp3) is 0.500. The fourth-order valence-electron chi connectivity index (χ4n) is 11.2. The molecule has 8 rings (SSSR count). The average Bonchev–Trinajstić information content (AvgIpc) is 4.21. The van der Waals surface area contributed by atoms with Gasteiger partial charge >= 0.3 is 18.3 Å². The number of aromatic nitrogens is 2. The molecule has 3 aromatic carbocycles. The van der Waals surface area contributed by atoms with Gasteiger partial charge < -0.3 is 44.5 Å². The topological polar surface area (TPSA) is 207 Å². The average molecular weight is 948 g/mol. The number of rotatable bonds is 16. The molecular weight excluding hydrogens is 883 g/mol. The van der Waals surface area contributed by atoms with Crippen LogP contribution in [-0.2, 0) is 29.2 Å². The molecule has 0 saturated carbocycles. The van der Waals surface area contributed by atoms with Crippen molar-refractivity contribution in [3.05, 3.63) is 95.4 Å². The Morgan fingerprint density at radius 3 is 2.19 bits per heavy atom. The molecule has 4 atom stereocenters. The Labute approximate surface area is 403 Å². The number of imidazole rings is 1. The summed E-state index contributed by atoms with van der Waals surface area (Å²) < 4.78 is 17.2. The van der Waals surface area contributed by atoms with Gasteiger partial charge in [-0.2, -0.15) is 0 Å². The van der Waals surface area contributed by atoms with E-state index in [2.05, 4.69) is 42.3 Å². The highest BCUT2D eigenvalue weighted by Crippen LogP contribution is 2.56. The molecule has 3 saturated heterocycles. The summed E-state index contributed by atoms with van der Waals surface area (Å²) in [5, 5.41) is 23.7. The third kappa shape index (κ3) is 9.25. The number of carbonyl (C=O) groups excluding carboxylic acids is 3. The minimum atomic E-state index is -1.26. The van der Waals surface area contributed by atoms with Crippen LogP contribution in [0.4, 0.5) is 20.1 Å². The van der Waals surface area contributed by atoms with E-state index in [-0.39, 0.29) is 44.0 Å². The summed E-state index contributed by atoms with van der Waals surface area (Å²) in [4.78, 5) is 81.2. The lowest BCUT2D eigenvalue weighted by Crippen LogP contribution is -2.53. The number of aromatic amines is 1. The summed E-state index contributed by atoms with van der Waals surface area (Å²) in [5.41, 5.74) is 6.35. The van der Waals surface area contributed by atoms with Crippen molar-refractivity contribution in [1.82, 2.24) is 30.0 Å². The molecule has 4 aliphatic rings. The molecule has 1 aromatic heterocycles. The zero-order chi connectivity index (χ0) is 49.2. The van der Waals surface area contributed by atoms with Crippen molar-refractivity contribution < 1.29 is 48.4 Å². The summed E-state index contributed by atoms with van der Waals surface area (Å²) in [5.74, 6) is -1.60. The number of unbranched alkanes of at least 4 members (excludes halogenated alkanes) is 2. The molecule has 69 heavy (non-hydrogen) atoms. The lowest BCUT2D eigenvalue weighted by Gasteiger charge is -2.36. The van der Waals surface area contributed by atoms with Crippen molar-refractivity contribution in [2.45, 2.75) is 121 Å². The predicted octanol–water partition coefficient (Wildman–Crippen LogP) is 8.90. The number of ether oxygens (including phenoxy) is 3. The van der Waals surface area contributed by atoms with E-state index in [1.165, 1.54) is 24.0 Å². The van der Waals surface area contributed by atoms with E-state index in [0.29, 0.717) is 30.0 Å². The van der Waals surface area contributed by atoms with Crippen LogP contribution in [0.15, 0.2) is 72.9 Å². The summed E-state index contributed by atoms with van der Waals surface area (Å²) in [6.07, 6.45) is 4.37. The molecule has 3 fully saturated rings. The second-order valence-electron chi connectivity index (χ2n) is 19.1. The number of carbonyl (C=O) groups is 5. The van der Waals surface area contributed by atoms with Crippen LogP contribution in [0.1, 0.15) is 120 Å². The van der Waals surface area contributed by atoms with Crippen molar-refractivity contribution in [2.24, 2.45) is 5.92 Å². The number of carboxylic acid groups (broad SMARTS) is 2. The van der Waals surface area contributed by atoms with Crippen molar-refractivity contribution in [1.29, 1.82) is 0 Å². The number of hydrogen-bond acceptors (Lipinski definition) is 9. The van der Waals surface area contributed by atoms with Gasteiger partial charge in [-0.3, -0.25) is 19.4 Å². The number of benzene rings is 3. The van der Waals surface area contributed by atoms with Crippen LogP contribution in [0.25, 0.3) is 22.4 Å². The SMILES string of the molecule is CCCCC1(CCCC)c2cc(-c3cnc([C@@H]4CCCN4C(=O)[C@H](C(C)C)N(C)C(=O)O)[nH]3)ccc2-c2ccc(N(C(=O)O)[C@H]3CC4(CN3C(=O)[C@H](NC(=O)OC)c3ccccc3)OCCO4)cc21. The molecular formula is C52H65N7O10. The maximum atomic E-state index is 14.8. The van der Waals surface area contributed by atoms with Crippen LogP contribution < -0.4 is 10.2 Å². The number of likely N-dealkylation sites (N-methyl/N-ethyl adjacent to an activating group) is 1. The van der Waals surface area contributed by atoms with Gasteiger partial charge in [-0.1, -0.05) is 102 Å². The Hall–Kier alpha value is -6.46. The van der Waals surface area contributed by atoms with Gasteiger partial charge in [-0.25, -0.2) is 19.4 Å². The molecule has 368 valence electrons. The van der Waals surface area contributed by atoms with Crippen molar-refractivity contribution >= 4 is 35.8 Å². The quantitative estimate of drug-likeness (QED) is 0.0834. The summed E-state index contributed by atoms with van der Waals surface area (Å²) >= 11 is 0. The number of nitrogens with one attached hydrogen (secondary N) is 2. The van der Waals surface area contributed by atoms with Gasteiger partial charge in [0, 0.05) is 31.1 Å². The normalized spacial score (nSPS) is 19.6. The van der Waals surface area contributed by atoms with Crippen LogP contribution in [-0.4, -0.2) is 123 Å². The van der Waals surface area contributed by atoms with Gasteiger partial charge in [-0.15, -0.1) is 0 Å². The van der Waals surface area contributed by atoms with Crippen LogP contribution >= 0.6 is 0 Å². The van der Waals surface area contributed by atoms with Gasteiger partial charge in [0.25, 0.3) is 5.91 Å². The number of amides is 5. The van der Waals surface area contributed by atoms with Gasteiger partial charge in [0.05, 0.1) is 44.8 Å². The van der Waals surface area contributed by atoms with Gasteiger partial charge in [0.1, 0.15) is 24.1 Å². The largest absolute Gasteiger partial charge is 0.465 e. The number of methoxy groups -OCH3 is 1. The van der Waals surface area contributed by atoms with Crippen molar-refractivity contribution in [2.75, 3.05) is 45.4 Å². The maximum absolute atomic E-state index is 14.8. The monoisotopic (exact) mass is 947 g/mol. The molecule has 1 aliphatic carbocycles. The maximum Gasteiger partial charge on any atom is 0.413 e. The standard InChI is InChI=1S/C52H65N7O10/c1-7-9-22-51(23-10-8-2)38-27-34(40-30-53-45(54-40)41-17-14-24-57(41)47(61)44(32(3)4)56(5)49(63)64)18-20-36(38)37-21-19-35(28-39(37)51)59(50(65)66)42-29-52(68-25-26-69-52)31-58(42)46(60)43(55-48(62)67-6)33-15-12-11-13-16-33/h11-13,15-16,18-21,27-28,30,32,41-44H,7-10,14,17,22-26,29,31H2,1-6H3,(H,53,54)(H,55,62)(H,63,64)(H,65,66)/t41-,42-,43+,44-/m0/s1. The molecule has 4 heterocycles.